The fraction of sp³-hybridized carbons (Fsp3) is 0.333. The van der Waals surface area contributed by atoms with Gasteiger partial charge in [0.2, 0.25) is 5.91 Å². The molecular formula is C30H34N2O2. The minimum absolute atomic E-state index is 0.0566. The predicted molar refractivity (Wildman–Crippen MR) is 138 cm³/mol. The summed E-state index contributed by atoms with van der Waals surface area (Å²) < 4.78 is 6.13. The number of aryl methyl sites for hydroxylation is 3. The van der Waals surface area contributed by atoms with Gasteiger partial charge in [-0.2, -0.15) is 5.10 Å². The second-order valence-electron chi connectivity index (χ2n) is 9.62. The summed E-state index contributed by atoms with van der Waals surface area (Å²) in [4.78, 5) is 13.4. The molecule has 1 atom stereocenters. The van der Waals surface area contributed by atoms with E-state index in [0.717, 1.165) is 29.7 Å². The first-order chi connectivity index (χ1) is 16.4. The van der Waals surface area contributed by atoms with Crippen LogP contribution in [0.3, 0.4) is 0 Å². The van der Waals surface area contributed by atoms with Crippen molar-refractivity contribution in [2.75, 3.05) is 6.61 Å². The summed E-state index contributed by atoms with van der Waals surface area (Å²) in [7, 11) is 0. The number of hydrogen-bond acceptors (Lipinski definition) is 3. The van der Waals surface area contributed by atoms with E-state index in [1.54, 1.807) is 5.01 Å². The Morgan fingerprint density at radius 3 is 2.21 bits per heavy atom. The lowest BCUT2D eigenvalue weighted by Gasteiger charge is -2.32. The molecule has 0 N–H and O–H groups in total. The molecule has 1 amide bonds. The van der Waals surface area contributed by atoms with E-state index in [0.29, 0.717) is 26.1 Å². The summed E-state index contributed by atoms with van der Waals surface area (Å²) >= 11 is 0. The number of ether oxygens (including phenoxy) is 1. The van der Waals surface area contributed by atoms with E-state index < -0.39 is 5.54 Å². The fourth-order valence-electron chi connectivity index (χ4n) is 4.64. The van der Waals surface area contributed by atoms with Gasteiger partial charge in [0.1, 0.15) is 0 Å². The van der Waals surface area contributed by atoms with Crippen LogP contribution in [0.1, 0.15) is 54.0 Å². The maximum Gasteiger partial charge on any atom is 0.243 e. The predicted octanol–water partition coefficient (Wildman–Crippen LogP) is 6.24. The van der Waals surface area contributed by atoms with Crippen LogP contribution >= 0.6 is 0 Å². The molecule has 1 aliphatic rings. The van der Waals surface area contributed by atoms with Crippen molar-refractivity contribution in [3.8, 4) is 0 Å². The van der Waals surface area contributed by atoms with Gasteiger partial charge in [0.25, 0.3) is 0 Å². The molecule has 4 nitrogen and oxygen atoms in total. The lowest BCUT2D eigenvalue weighted by atomic mass is 9.92. The fourth-order valence-corrected chi connectivity index (χ4v) is 4.64. The number of rotatable bonds is 9. The zero-order chi connectivity index (χ0) is 24.0. The molecule has 0 spiro atoms. The van der Waals surface area contributed by atoms with Gasteiger partial charge in [-0.15, -0.1) is 0 Å². The second-order valence-corrected chi connectivity index (χ2v) is 9.62. The van der Waals surface area contributed by atoms with E-state index in [-0.39, 0.29) is 5.91 Å². The van der Waals surface area contributed by atoms with E-state index in [1.165, 1.54) is 16.7 Å². The summed E-state index contributed by atoms with van der Waals surface area (Å²) in [6.07, 6.45) is 2.83. The van der Waals surface area contributed by atoms with E-state index in [2.05, 4.69) is 63.2 Å². The summed E-state index contributed by atoms with van der Waals surface area (Å²) in [5, 5.41) is 6.57. The number of carbonyl (C=O) groups is 1. The van der Waals surface area contributed by atoms with Gasteiger partial charge in [-0.3, -0.25) is 4.79 Å². The maximum atomic E-state index is 13.4. The van der Waals surface area contributed by atoms with Gasteiger partial charge in [-0.05, 0) is 50.3 Å². The molecule has 176 valence electrons. The molecule has 0 fully saturated rings. The van der Waals surface area contributed by atoms with E-state index in [9.17, 15) is 4.79 Å². The molecule has 0 aromatic heterocycles. The largest absolute Gasteiger partial charge is 0.374 e. The van der Waals surface area contributed by atoms with Crippen LogP contribution in [0.2, 0.25) is 0 Å². The first-order valence-corrected chi connectivity index (χ1v) is 12.1. The van der Waals surface area contributed by atoms with E-state index in [1.807, 2.05) is 36.4 Å². The van der Waals surface area contributed by atoms with E-state index >= 15 is 0 Å². The number of carbonyl (C=O) groups excluding carboxylic acids is 1. The molecular weight excluding hydrogens is 420 g/mol. The first kappa shape index (κ1) is 23.9. The topological polar surface area (TPSA) is 41.9 Å². The van der Waals surface area contributed by atoms with Crippen molar-refractivity contribution in [3.63, 3.8) is 0 Å². The quantitative estimate of drug-likeness (QED) is 0.384. The monoisotopic (exact) mass is 454 g/mol. The average Bonchev–Trinajstić information content (AvgIpc) is 3.17. The lowest BCUT2D eigenvalue weighted by molar-refractivity contribution is -0.138. The number of nitrogens with zero attached hydrogens (tertiary/aromatic N) is 2. The van der Waals surface area contributed by atoms with Crippen LogP contribution in [0.5, 0.6) is 0 Å². The van der Waals surface area contributed by atoms with Gasteiger partial charge in [-0.25, -0.2) is 5.01 Å². The Bertz CT molecular complexity index is 1120. The lowest BCUT2D eigenvalue weighted by Crippen LogP contribution is -2.47. The molecule has 3 aromatic rings. The van der Waals surface area contributed by atoms with Gasteiger partial charge in [0.15, 0.2) is 0 Å². The van der Waals surface area contributed by atoms with Gasteiger partial charge in [0.05, 0.1) is 24.5 Å². The standard InChI is InChI=1S/C30H34N2O2/c1-23-17-24(2)19-27(18-23)28-20-30(3,22-34-21-26-13-8-5-9-14-26)32(31-28)29(33)16-10-15-25-11-6-4-7-12-25/h4-9,11-14,17-19H,10,15-16,20-22H2,1-3H3. The SMILES string of the molecule is Cc1cc(C)cc(C2=NN(C(=O)CCCc3ccccc3)C(C)(COCc3ccccc3)C2)c1. The van der Waals surface area contributed by atoms with Crippen molar-refractivity contribution in [3.05, 3.63) is 107 Å². The molecule has 0 bridgehead atoms. The van der Waals surface area contributed by atoms with Crippen LogP contribution in [0.15, 0.2) is 84.0 Å². The van der Waals surface area contributed by atoms with Crippen molar-refractivity contribution in [2.24, 2.45) is 5.10 Å². The maximum absolute atomic E-state index is 13.4. The number of benzene rings is 3. The third kappa shape index (κ3) is 6.00. The molecule has 4 heteroatoms. The number of hydrogen-bond donors (Lipinski definition) is 0. The minimum Gasteiger partial charge on any atom is -0.374 e. The summed E-state index contributed by atoms with van der Waals surface area (Å²) in [5.74, 6) is 0.0566. The smallest absolute Gasteiger partial charge is 0.243 e. The van der Waals surface area contributed by atoms with Gasteiger partial charge in [0, 0.05) is 12.8 Å². The second kappa shape index (κ2) is 10.8. The van der Waals surface area contributed by atoms with Crippen LogP contribution in [-0.4, -0.2) is 28.8 Å². The minimum atomic E-state index is -0.508. The molecule has 1 unspecified atom stereocenters. The molecule has 0 saturated carbocycles. The summed E-state index contributed by atoms with van der Waals surface area (Å²) in [5.41, 5.74) is 6.32. The molecule has 3 aromatic carbocycles. The number of hydrazone groups is 1. The Hall–Kier alpha value is -3.24. The van der Waals surface area contributed by atoms with Crippen LogP contribution in [0, 0.1) is 13.8 Å². The van der Waals surface area contributed by atoms with Crippen LogP contribution in [0.4, 0.5) is 0 Å². The molecule has 34 heavy (non-hydrogen) atoms. The van der Waals surface area contributed by atoms with Crippen molar-refractivity contribution in [1.29, 1.82) is 0 Å². The zero-order valence-electron chi connectivity index (χ0n) is 20.5. The molecule has 1 aliphatic heterocycles. The van der Waals surface area contributed by atoms with Gasteiger partial charge >= 0.3 is 0 Å². The molecule has 1 heterocycles. The van der Waals surface area contributed by atoms with Crippen LogP contribution in [0.25, 0.3) is 0 Å². The molecule has 0 aliphatic carbocycles. The summed E-state index contributed by atoms with van der Waals surface area (Å²) in [6.45, 7) is 7.24. The Labute approximate surface area is 203 Å². The van der Waals surface area contributed by atoms with Gasteiger partial charge in [-0.1, -0.05) is 90.0 Å². The van der Waals surface area contributed by atoms with Crippen molar-refractivity contribution in [2.45, 2.75) is 58.6 Å². The Morgan fingerprint density at radius 2 is 1.56 bits per heavy atom. The first-order valence-electron chi connectivity index (χ1n) is 12.1. The summed E-state index contributed by atoms with van der Waals surface area (Å²) in [6, 6.07) is 26.9. The molecule has 0 saturated heterocycles. The Morgan fingerprint density at radius 1 is 0.941 bits per heavy atom. The Balaban J connectivity index is 1.48. The number of amides is 1. The van der Waals surface area contributed by atoms with Crippen molar-refractivity contribution in [1.82, 2.24) is 5.01 Å². The Kier molecular flexibility index (Phi) is 7.59. The van der Waals surface area contributed by atoms with Gasteiger partial charge < -0.3 is 4.74 Å². The molecule has 4 rings (SSSR count). The highest BCUT2D eigenvalue weighted by molar-refractivity contribution is 6.04. The zero-order valence-corrected chi connectivity index (χ0v) is 20.5. The highest BCUT2D eigenvalue weighted by Gasteiger charge is 2.42. The normalized spacial score (nSPS) is 17.6. The van der Waals surface area contributed by atoms with Crippen molar-refractivity contribution >= 4 is 11.6 Å². The molecule has 0 radical (unpaired) electrons. The van der Waals surface area contributed by atoms with Crippen molar-refractivity contribution < 1.29 is 9.53 Å². The average molecular weight is 455 g/mol. The highest BCUT2D eigenvalue weighted by Crippen LogP contribution is 2.32. The van der Waals surface area contributed by atoms with Crippen LogP contribution in [-0.2, 0) is 22.6 Å². The highest BCUT2D eigenvalue weighted by atomic mass is 16.5. The van der Waals surface area contributed by atoms with E-state index in [4.69, 9.17) is 9.84 Å². The third-order valence-electron chi connectivity index (χ3n) is 6.29. The third-order valence-corrected chi connectivity index (χ3v) is 6.29. The van der Waals surface area contributed by atoms with Crippen LogP contribution < -0.4 is 0 Å².